The van der Waals surface area contributed by atoms with Gasteiger partial charge in [-0.05, 0) is 36.8 Å². The molecule has 3 atom stereocenters. The van der Waals surface area contributed by atoms with Gasteiger partial charge in [0.25, 0.3) is 5.91 Å². The zero-order chi connectivity index (χ0) is 12.4. The minimum absolute atomic E-state index is 0.314. The molecule has 1 heterocycles. The molecule has 0 spiro atoms. The minimum atomic E-state index is -0.485. The van der Waals surface area contributed by atoms with Gasteiger partial charge in [0, 0.05) is 17.9 Å². The molecule has 1 amide bonds. The summed E-state index contributed by atoms with van der Waals surface area (Å²) in [5, 5.41) is 3.47. The number of amides is 1. The number of nitrogens with two attached hydrogens (primary N) is 1. The minimum Gasteiger partial charge on any atom is -0.382 e. The number of anilines is 1. The van der Waals surface area contributed by atoms with E-state index in [2.05, 4.69) is 24.1 Å². The standard InChI is InChI=1S/C13H19N3O/c1-8-3-4-11(9(8)2)16-10-5-6-15-12(7-10)13(14)17/h5-9,11H,3-4H2,1-2H3,(H2,14,17)(H,15,16). The summed E-state index contributed by atoms with van der Waals surface area (Å²) in [6, 6.07) is 4.08. The van der Waals surface area contributed by atoms with Crippen LogP contribution in [0.4, 0.5) is 5.69 Å². The largest absolute Gasteiger partial charge is 0.382 e. The fraction of sp³-hybridized carbons (Fsp3) is 0.538. The second-order valence-electron chi connectivity index (χ2n) is 4.96. The molecular formula is C13H19N3O. The Kier molecular flexibility index (Phi) is 3.31. The first kappa shape index (κ1) is 11.9. The van der Waals surface area contributed by atoms with E-state index in [4.69, 9.17) is 5.73 Å². The quantitative estimate of drug-likeness (QED) is 0.839. The molecule has 1 fully saturated rings. The van der Waals surface area contributed by atoms with E-state index in [1.807, 2.05) is 6.07 Å². The number of carbonyl (C=O) groups excluding carboxylic acids is 1. The van der Waals surface area contributed by atoms with E-state index in [0.29, 0.717) is 17.7 Å². The summed E-state index contributed by atoms with van der Waals surface area (Å²) in [6.07, 6.45) is 4.05. The van der Waals surface area contributed by atoms with Gasteiger partial charge < -0.3 is 11.1 Å². The Morgan fingerprint density at radius 1 is 1.47 bits per heavy atom. The van der Waals surface area contributed by atoms with Crippen molar-refractivity contribution in [2.45, 2.75) is 32.7 Å². The molecule has 0 bridgehead atoms. The Morgan fingerprint density at radius 3 is 2.82 bits per heavy atom. The highest BCUT2D eigenvalue weighted by atomic mass is 16.1. The van der Waals surface area contributed by atoms with Crippen LogP contribution < -0.4 is 11.1 Å². The van der Waals surface area contributed by atoms with E-state index in [0.717, 1.165) is 11.6 Å². The maximum absolute atomic E-state index is 11.0. The molecule has 17 heavy (non-hydrogen) atoms. The van der Waals surface area contributed by atoms with Crippen LogP contribution in [-0.4, -0.2) is 16.9 Å². The third kappa shape index (κ3) is 2.57. The van der Waals surface area contributed by atoms with Gasteiger partial charge in [0.2, 0.25) is 0 Å². The number of rotatable bonds is 3. The molecule has 1 aromatic rings. The Hall–Kier alpha value is -1.58. The van der Waals surface area contributed by atoms with Crippen molar-refractivity contribution >= 4 is 11.6 Å². The van der Waals surface area contributed by atoms with Gasteiger partial charge in [-0.2, -0.15) is 0 Å². The van der Waals surface area contributed by atoms with Crippen LogP contribution in [-0.2, 0) is 0 Å². The van der Waals surface area contributed by atoms with Crippen molar-refractivity contribution in [1.82, 2.24) is 4.98 Å². The molecule has 1 aliphatic carbocycles. The van der Waals surface area contributed by atoms with Gasteiger partial charge in [0.05, 0.1) is 0 Å². The van der Waals surface area contributed by atoms with Gasteiger partial charge >= 0.3 is 0 Å². The number of primary amides is 1. The molecule has 0 saturated heterocycles. The third-order valence-electron chi connectivity index (χ3n) is 3.83. The fourth-order valence-corrected chi connectivity index (χ4v) is 2.44. The number of nitrogens with one attached hydrogen (secondary N) is 1. The summed E-state index contributed by atoms with van der Waals surface area (Å²) in [7, 11) is 0. The molecule has 1 aliphatic rings. The molecule has 2 rings (SSSR count). The normalized spacial score (nSPS) is 28.0. The van der Waals surface area contributed by atoms with Crippen LogP contribution in [0.3, 0.4) is 0 Å². The molecule has 1 saturated carbocycles. The lowest BCUT2D eigenvalue weighted by Gasteiger charge is -2.20. The predicted octanol–water partition coefficient (Wildman–Crippen LogP) is 2.03. The third-order valence-corrected chi connectivity index (χ3v) is 3.83. The van der Waals surface area contributed by atoms with Crippen molar-refractivity contribution in [2.75, 3.05) is 5.32 Å². The number of pyridine rings is 1. The van der Waals surface area contributed by atoms with E-state index in [1.165, 1.54) is 12.8 Å². The molecule has 4 heteroatoms. The summed E-state index contributed by atoms with van der Waals surface area (Å²) >= 11 is 0. The zero-order valence-corrected chi connectivity index (χ0v) is 10.3. The van der Waals surface area contributed by atoms with E-state index >= 15 is 0 Å². The maximum atomic E-state index is 11.0. The summed E-state index contributed by atoms with van der Waals surface area (Å²) in [6.45, 7) is 4.55. The Bertz CT molecular complexity index is 419. The number of hydrogen-bond acceptors (Lipinski definition) is 3. The van der Waals surface area contributed by atoms with Gasteiger partial charge in [-0.15, -0.1) is 0 Å². The Labute approximate surface area is 102 Å². The molecule has 0 radical (unpaired) electrons. The van der Waals surface area contributed by atoms with Crippen molar-refractivity contribution in [3.8, 4) is 0 Å². The first-order valence-electron chi connectivity index (χ1n) is 6.10. The first-order chi connectivity index (χ1) is 8.08. The lowest BCUT2D eigenvalue weighted by molar-refractivity contribution is 0.0995. The topological polar surface area (TPSA) is 68.0 Å². The highest BCUT2D eigenvalue weighted by molar-refractivity contribution is 5.91. The van der Waals surface area contributed by atoms with Crippen LogP contribution in [0.15, 0.2) is 18.3 Å². The van der Waals surface area contributed by atoms with Crippen LogP contribution >= 0.6 is 0 Å². The number of carbonyl (C=O) groups is 1. The van der Waals surface area contributed by atoms with Crippen LogP contribution in [0, 0.1) is 11.8 Å². The molecule has 92 valence electrons. The van der Waals surface area contributed by atoms with E-state index in [-0.39, 0.29) is 0 Å². The van der Waals surface area contributed by atoms with Crippen molar-refractivity contribution in [1.29, 1.82) is 0 Å². The summed E-state index contributed by atoms with van der Waals surface area (Å²) in [4.78, 5) is 15.0. The summed E-state index contributed by atoms with van der Waals surface area (Å²) in [5.41, 5.74) is 6.45. The molecule has 0 aliphatic heterocycles. The van der Waals surface area contributed by atoms with E-state index < -0.39 is 5.91 Å². The molecule has 0 aromatic carbocycles. The predicted molar refractivity (Wildman–Crippen MR) is 67.7 cm³/mol. The van der Waals surface area contributed by atoms with Crippen LogP contribution in [0.5, 0.6) is 0 Å². The molecular weight excluding hydrogens is 214 g/mol. The van der Waals surface area contributed by atoms with Crippen LogP contribution in [0.1, 0.15) is 37.2 Å². The Morgan fingerprint density at radius 2 is 2.24 bits per heavy atom. The van der Waals surface area contributed by atoms with Crippen LogP contribution in [0.2, 0.25) is 0 Å². The SMILES string of the molecule is CC1CCC(Nc2ccnc(C(N)=O)c2)C1C. The Balaban J connectivity index is 2.08. The highest BCUT2D eigenvalue weighted by Gasteiger charge is 2.29. The first-order valence-corrected chi connectivity index (χ1v) is 6.10. The van der Waals surface area contributed by atoms with Gasteiger partial charge in [0.1, 0.15) is 5.69 Å². The molecule has 3 N–H and O–H groups in total. The molecule has 1 aromatic heterocycles. The second kappa shape index (κ2) is 4.73. The number of nitrogens with zero attached hydrogens (tertiary/aromatic N) is 1. The monoisotopic (exact) mass is 233 g/mol. The van der Waals surface area contributed by atoms with Crippen molar-refractivity contribution in [2.24, 2.45) is 17.6 Å². The molecule has 3 unspecified atom stereocenters. The summed E-state index contributed by atoms with van der Waals surface area (Å²) < 4.78 is 0. The zero-order valence-electron chi connectivity index (χ0n) is 10.3. The van der Waals surface area contributed by atoms with Crippen molar-refractivity contribution in [3.05, 3.63) is 24.0 Å². The maximum Gasteiger partial charge on any atom is 0.267 e. The van der Waals surface area contributed by atoms with Gasteiger partial charge in [-0.25, -0.2) is 0 Å². The fourth-order valence-electron chi connectivity index (χ4n) is 2.44. The lowest BCUT2D eigenvalue weighted by Crippen LogP contribution is -2.24. The lowest BCUT2D eigenvalue weighted by atomic mass is 9.98. The second-order valence-corrected chi connectivity index (χ2v) is 4.96. The number of hydrogen-bond donors (Lipinski definition) is 2. The van der Waals surface area contributed by atoms with Gasteiger partial charge in [-0.3, -0.25) is 9.78 Å². The van der Waals surface area contributed by atoms with Crippen molar-refractivity contribution in [3.63, 3.8) is 0 Å². The van der Waals surface area contributed by atoms with Gasteiger partial charge in [-0.1, -0.05) is 13.8 Å². The average molecular weight is 233 g/mol. The smallest absolute Gasteiger partial charge is 0.267 e. The average Bonchev–Trinajstić information content (AvgIpc) is 2.61. The number of aromatic nitrogens is 1. The van der Waals surface area contributed by atoms with Crippen LogP contribution in [0.25, 0.3) is 0 Å². The van der Waals surface area contributed by atoms with Gasteiger partial charge in [0.15, 0.2) is 0 Å². The molecule has 4 nitrogen and oxygen atoms in total. The van der Waals surface area contributed by atoms with E-state index in [1.54, 1.807) is 12.3 Å². The van der Waals surface area contributed by atoms with Crippen molar-refractivity contribution < 1.29 is 4.79 Å². The summed E-state index contributed by atoms with van der Waals surface area (Å²) in [5.74, 6) is 0.923. The van der Waals surface area contributed by atoms with E-state index in [9.17, 15) is 4.79 Å². The highest BCUT2D eigenvalue weighted by Crippen LogP contribution is 2.33.